The maximum atomic E-state index is 12.3. The molecular weight excluding hydrogens is 420 g/mol. The Hall–Kier alpha value is -3.69. The fraction of sp³-hybridized carbons (Fsp3) is 0.0909. The lowest BCUT2D eigenvalue weighted by molar-refractivity contribution is -0.123. The zero-order valence-corrected chi connectivity index (χ0v) is 17.3. The lowest BCUT2D eigenvalue weighted by Crippen LogP contribution is -2.30. The molecule has 0 radical (unpaired) electrons. The van der Waals surface area contributed by atoms with E-state index in [0.717, 1.165) is 0 Å². The first kappa shape index (κ1) is 22.0. The molecule has 3 rings (SSSR count). The number of sulfonamides is 1. The Morgan fingerprint density at radius 2 is 1.45 bits per heavy atom. The van der Waals surface area contributed by atoms with Gasteiger partial charge in [-0.15, -0.1) is 0 Å². The molecule has 0 aliphatic heterocycles. The summed E-state index contributed by atoms with van der Waals surface area (Å²) in [6, 6.07) is 20.8. The van der Waals surface area contributed by atoms with Gasteiger partial charge in [0.25, 0.3) is 5.91 Å². The molecule has 3 aromatic rings. The van der Waals surface area contributed by atoms with Crippen LogP contribution in [0.5, 0.6) is 11.5 Å². The fourth-order valence-electron chi connectivity index (χ4n) is 2.54. The van der Waals surface area contributed by atoms with E-state index < -0.39 is 28.0 Å². The third-order valence-corrected chi connectivity index (χ3v) is 5.10. The average molecular weight is 440 g/mol. The second kappa shape index (κ2) is 9.41. The van der Waals surface area contributed by atoms with Gasteiger partial charge in [0, 0.05) is 5.69 Å². The van der Waals surface area contributed by atoms with E-state index in [9.17, 15) is 18.0 Å². The zero-order chi connectivity index (χ0) is 22.4. The lowest BCUT2D eigenvalue weighted by Gasteiger charge is -2.14. The number of hydrogen-bond donors (Lipinski definition) is 2. The third-order valence-electron chi connectivity index (χ3n) is 4.17. The van der Waals surface area contributed by atoms with Crippen molar-refractivity contribution in [1.82, 2.24) is 0 Å². The average Bonchev–Trinajstić information content (AvgIpc) is 2.74. The highest BCUT2D eigenvalue weighted by atomic mass is 32.2. The minimum absolute atomic E-state index is 0.0790. The van der Waals surface area contributed by atoms with Gasteiger partial charge >= 0.3 is 5.97 Å². The minimum atomic E-state index is -3.82. The van der Waals surface area contributed by atoms with Gasteiger partial charge in [0.15, 0.2) is 6.10 Å². The van der Waals surface area contributed by atoms with Gasteiger partial charge in [-0.2, -0.15) is 0 Å². The van der Waals surface area contributed by atoms with E-state index in [0.29, 0.717) is 17.2 Å². The highest BCUT2D eigenvalue weighted by Crippen LogP contribution is 2.21. The number of amides is 1. The van der Waals surface area contributed by atoms with Crippen LogP contribution < -0.4 is 15.2 Å². The summed E-state index contributed by atoms with van der Waals surface area (Å²) >= 11 is 0. The van der Waals surface area contributed by atoms with Crippen LogP contribution in [0.1, 0.15) is 17.3 Å². The highest BCUT2D eigenvalue weighted by Gasteiger charge is 2.19. The zero-order valence-electron chi connectivity index (χ0n) is 16.5. The van der Waals surface area contributed by atoms with Crippen molar-refractivity contribution in [3.05, 3.63) is 84.4 Å². The van der Waals surface area contributed by atoms with Crippen LogP contribution >= 0.6 is 0 Å². The standard InChI is InChI=1S/C22H20N2O6S/c1-15(21(25)24-17-9-13-20(14-10-17)31(23,27)28)29-22(26)16-7-11-19(12-8-16)30-18-5-3-2-4-6-18/h2-15H,1H3,(H,24,25)(H2,23,27,28)/t15-/m1/s1. The molecule has 3 N–H and O–H groups in total. The number of nitrogens with two attached hydrogens (primary N) is 1. The van der Waals surface area contributed by atoms with Crippen LogP contribution in [-0.4, -0.2) is 26.4 Å². The van der Waals surface area contributed by atoms with Crippen LogP contribution in [0.2, 0.25) is 0 Å². The van der Waals surface area contributed by atoms with E-state index in [1.54, 1.807) is 12.1 Å². The van der Waals surface area contributed by atoms with Crippen molar-refractivity contribution >= 4 is 27.6 Å². The summed E-state index contributed by atoms with van der Waals surface area (Å²) in [5.74, 6) is -0.0177. The van der Waals surface area contributed by atoms with E-state index in [1.807, 2.05) is 30.3 Å². The van der Waals surface area contributed by atoms with Gasteiger partial charge in [-0.1, -0.05) is 18.2 Å². The van der Waals surface area contributed by atoms with Gasteiger partial charge in [0.2, 0.25) is 10.0 Å². The largest absolute Gasteiger partial charge is 0.457 e. The van der Waals surface area contributed by atoms with Crippen molar-refractivity contribution in [2.24, 2.45) is 5.14 Å². The second-order valence-corrected chi connectivity index (χ2v) is 8.11. The normalized spacial score (nSPS) is 11.9. The maximum absolute atomic E-state index is 12.3. The molecule has 0 fully saturated rings. The summed E-state index contributed by atoms with van der Waals surface area (Å²) < 4.78 is 33.4. The maximum Gasteiger partial charge on any atom is 0.338 e. The molecule has 0 aromatic heterocycles. The van der Waals surface area contributed by atoms with Crippen molar-refractivity contribution in [2.75, 3.05) is 5.32 Å². The van der Waals surface area contributed by atoms with Gasteiger partial charge in [-0.25, -0.2) is 18.4 Å². The number of nitrogens with one attached hydrogen (secondary N) is 1. The summed E-state index contributed by atoms with van der Waals surface area (Å²) in [5, 5.41) is 7.58. The first-order valence-corrected chi connectivity index (χ1v) is 10.7. The highest BCUT2D eigenvalue weighted by molar-refractivity contribution is 7.89. The van der Waals surface area contributed by atoms with E-state index in [1.165, 1.54) is 43.3 Å². The van der Waals surface area contributed by atoms with Gasteiger partial charge in [-0.05, 0) is 67.6 Å². The number of ether oxygens (including phenoxy) is 2. The third kappa shape index (κ3) is 6.14. The smallest absolute Gasteiger partial charge is 0.338 e. The Kier molecular flexibility index (Phi) is 6.68. The van der Waals surface area contributed by atoms with Crippen LogP contribution in [0, 0.1) is 0 Å². The number of para-hydroxylation sites is 1. The summed E-state index contributed by atoms with van der Waals surface area (Å²) in [7, 11) is -3.82. The number of primary sulfonamides is 1. The quantitative estimate of drug-likeness (QED) is 0.543. The molecule has 3 aromatic carbocycles. The van der Waals surface area contributed by atoms with E-state index >= 15 is 0 Å². The fourth-order valence-corrected chi connectivity index (χ4v) is 3.05. The van der Waals surface area contributed by atoms with Crippen LogP contribution in [0.15, 0.2) is 83.8 Å². The predicted molar refractivity (Wildman–Crippen MR) is 114 cm³/mol. The number of esters is 1. The SMILES string of the molecule is C[C@@H](OC(=O)c1ccc(Oc2ccccc2)cc1)C(=O)Nc1ccc(S(N)(=O)=O)cc1. The van der Waals surface area contributed by atoms with Crippen molar-refractivity contribution < 1.29 is 27.5 Å². The molecule has 8 nitrogen and oxygen atoms in total. The number of carbonyl (C=O) groups excluding carboxylic acids is 2. The van der Waals surface area contributed by atoms with Crippen LogP contribution in [-0.2, 0) is 19.6 Å². The molecule has 0 spiro atoms. The van der Waals surface area contributed by atoms with E-state index in [2.05, 4.69) is 5.32 Å². The molecular formula is C22H20N2O6S. The monoisotopic (exact) mass is 440 g/mol. The molecule has 0 saturated carbocycles. The van der Waals surface area contributed by atoms with Gasteiger partial charge in [-0.3, -0.25) is 4.79 Å². The van der Waals surface area contributed by atoms with E-state index in [-0.39, 0.29) is 10.5 Å². The second-order valence-electron chi connectivity index (χ2n) is 6.55. The summed E-state index contributed by atoms with van der Waals surface area (Å²) in [6.45, 7) is 1.43. The topological polar surface area (TPSA) is 125 Å². The van der Waals surface area contributed by atoms with Crippen molar-refractivity contribution in [2.45, 2.75) is 17.9 Å². The number of rotatable bonds is 7. The molecule has 0 heterocycles. The Labute approximate surface area is 179 Å². The molecule has 0 aliphatic carbocycles. The summed E-state index contributed by atoms with van der Waals surface area (Å²) in [5.41, 5.74) is 0.597. The van der Waals surface area contributed by atoms with Gasteiger partial charge < -0.3 is 14.8 Å². The Balaban J connectivity index is 1.56. The lowest BCUT2D eigenvalue weighted by atomic mass is 10.2. The number of hydrogen-bond acceptors (Lipinski definition) is 6. The Morgan fingerprint density at radius 3 is 2.03 bits per heavy atom. The van der Waals surface area contributed by atoms with Gasteiger partial charge in [0.1, 0.15) is 11.5 Å². The summed E-state index contributed by atoms with van der Waals surface area (Å²) in [6.07, 6.45) is -1.08. The molecule has 0 aliphatic rings. The van der Waals surface area contributed by atoms with Crippen molar-refractivity contribution in [3.63, 3.8) is 0 Å². The molecule has 0 bridgehead atoms. The van der Waals surface area contributed by atoms with Crippen LogP contribution in [0.25, 0.3) is 0 Å². The Bertz CT molecular complexity index is 1160. The Morgan fingerprint density at radius 1 is 0.871 bits per heavy atom. The predicted octanol–water partition coefficient (Wildman–Crippen LogP) is 3.31. The molecule has 1 amide bonds. The summed E-state index contributed by atoms with van der Waals surface area (Å²) in [4.78, 5) is 24.5. The minimum Gasteiger partial charge on any atom is -0.457 e. The first-order chi connectivity index (χ1) is 14.7. The van der Waals surface area contributed by atoms with Crippen molar-refractivity contribution in [1.29, 1.82) is 0 Å². The molecule has 0 unspecified atom stereocenters. The van der Waals surface area contributed by atoms with Crippen molar-refractivity contribution in [3.8, 4) is 11.5 Å². The molecule has 9 heteroatoms. The number of anilines is 1. The van der Waals surface area contributed by atoms with Gasteiger partial charge in [0.05, 0.1) is 10.5 Å². The molecule has 0 saturated heterocycles. The number of benzene rings is 3. The molecule has 1 atom stereocenters. The van der Waals surface area contributed by atoms with Crippen LogP contribution in [0.4, 0.5) is 5.69 Å². The van der Waals surface area contributed by atoms with Crippen LogP contribution in [0.3, 0.4) is 0 Å². The molecule has 31 heavy (non-hydrogen) atoms. The van der Waals surface area contributed by atoms with E-state index in [4.69, 9.17) is 14.6 Å². The molecule has 160 valence electrons. The number of carbonyl (C=O) groups is 2. The first-order valence-electron chi connectivity index (χ1n) is 9.20.